The lowest BCUT2D eigenvalue weighted by atomic mass is 9.98. The standard InChI is InChI=1S/C14H25N3S2/c18-14-17-16-13(19-14)15-12-10-8-6-4-2-1-3-5-7-9-11-12/h12H,1-11H2,(H,15,16)(H,17,18). The molecule has 1 aliphatic rings. The minimum Gasteiger partial charge on any atom is -0.357 e. The highest BCUT2D eigenvalue weighted by Crippen LogP contribution is 2.21. The fourth-order valence-electron chi connectivity index (χ4n) is 2.77. The summed E-state index contributed by atoms with van der Waals surface area (Å²) in [6.07, 6.45) is 15.1. The van der Waals surface area contributed by atoms with Crippen LogP contribution in [-0.4, -0.2) is 16.2 Å². The number of anilines is 1. The number of aromatic amines is 1. The molecule has 0 bridgehead atoms. The molecule has 1 aromatic heterocycles. The van der Waals surface area contributed by atoms with Gasteiger partial charge in [-0.2, -0.15) is 0 Å². The van der Waals surface area contributed by atoms with Crippen LogP contribution < -0.4 is 5.32 Å². The van der Waals surface area contributed by atoms with Gasteiger partial charge in [-0.05, 0) is 25.1 Å². The lowest BCUT2D eigenvalue weighted by Crippen LogP contribution is -2.19. The molecular formula is C14H25N3S2. The summed E-state index contributed by atoms with van der Waals surface area (Å²) in [7, 11) is 0. The molecule has 0 aliphatic heterocycles. The Morgan fingerprint density at radius 1 is 0.947 bits per heavy atom. The van der Waals surface area contributed by atoms with E-state index in [4.69, 9.17) is 12.2 Å². The Labute approximate surface area is 125 Å². The van der Waals surface area contributed by atoms with Gasteiger partial charge in [0.2, 0.25) is 5.13 Å². The summed E-state index contributed by atoms with van der Waals surface area (Å²) in [5.41, 5.74) is 0. The Morgan fingerprint density at radius 3 is 1.95 bits per heavy atom. The molecule has 2 rings (SSSR count). The second kappa shape index (κ2) is 8.69. The first kappa shape index (κ1) is 15.0. The van der Waals surface area contributed by atoms with Crippen molar-refractivity contribution in [3.05, 3.63) is 3.95 Å². The zero-order valence-electron chi connectivity index (χ0n) is 11.6. The van der Waals surface area contributed by atoms with Gasteiger partial charge in [0, 0.05) is 6.04 Å². The first-order valence-electron chi connectivity index (χ1n) is 7.66. The van der Waals surface area contributed by atoms with E-state index in [2.05, 4.69) is 15.5 Å². The van der Waals surface area contributed by atoms with Gasteiger partial charge in [0.1, 0.15) is 0 Å². The summed E-state index contributed by atoms with van der Waals surface area (Å²) >= 11 is 6.63. The van der Waals surface area contributed by atoms with Crippen molar-refractivity contribution in [2.75, 3.05) is 5.32 Å². The molecule has 108 valence electrons. The predicted molar refractivity (Wildman–Crippen MR) is 85.5 cm³/mol. The highest BCUT2D eigenvalue weighted by atomic mass is 32.1. The van der Waals surface area contributed by atoms with E-state index in [-0.39, 0.29) is 0 Å². The van der Waals surface area contributed by atoms with E-state index in [1.165, 1.54) is 70.6 Å². The van der Waals surface area contributed by atoms with Crippen LogP contribution in [0.25, 0.3) is 0 Å². The summed E-state index contributed by atoms with van der Waals surface area (Å²) < 4.78 is 0.760. The van der Waals surface area contributed by atoms with Crippen LogP contribution in [0.15, 0.2) is 0 Å². The third-order valence-corrected chi connectivity index (χ3v) is 4.89. The van der Waals surface area contributed by atoms with Crippen LogP contribution in [0.4, 0.5) is 5.13 Å². The van der Waals surface area contributed by atoms with Crippen LogP contribution in [-0.2, 0) is 0 Å². The second-order valence-electron chi connectivity index (χ2n) is 5.52. The number of nitrogens with zero attached hydrogens (tertiary/aromatic N) is 1. The van der Waals surface area contributed by atoms with E-state index in [0.717, 1.165) is 9.09 Å². The van der Waals surface area contributed by atoms with Crippen molar-refractivity contribution in [2.45, 2.75) is 76.7 Å². The van der Waals surface area contributed by atoms with Gasteiger partial charge in [-0.15, -0.1) is 5.10 Å². The number of H-pyrrole nitrogens is 1. The van der Waals surface area contributed by atoms with E-state index in [1.807, 2.05) is 0 Å². The van der Waals surface area contributed by atoms with Gasteiger partial charge in [-0.25, -0.2) is 0 Å². The van der Waals surface area contributed by atoms with Crippen molar-refractivity contribution in [3.63, 3.8) is 0 Å². The average Bonchev–Trinajstić information content (AvgIpc) is 2.78. The van der Waals surface area contributed by atoms with Crippen molar-refractivity contribution in [1.29, 1.82) is 0 Å². The SMILES string of the molecule is S=c1[nH]nc(NC2CCCCCCCCCCC2)s1. The van der Waals surface area contributed by atoms with Gasteiger partial charge in [0.05, 0.1) is 0 Å². The molecule has 0 aromatic carbocycles. The summed E-state index contributed by atoms with van der Waals surface area (Å²) in [6.45, 7) is 0. The second-order valence-corrected chi connectivity index (χ2v) is 7.18. The number of rotatable bonds is 2. The maximum absolute atomic E-state index is 5.08. The van der Waals surface area contributed by atoms with Crippen LogP contribution in [0.5, 0.6) is 0 Å². The summed E-state index contributed by atoms with van der Waals surface area (Å²) in [6, 6.07) is 0.577. The highest BCUT2D eigenvalue weighted by Gasteiger charge is 2.10. The molecule has 3 nitrogen and oxygen atoms in total. The molecular weight excluding hydrogens is 274 g/mol. The van der Waals surface area contributed by atoms with Gasteiger partial charge in [0.15, 0.2) is 3.95 Å². The third-order valence-electron chi connectivity index (χ3n) is 3.87. The van der Waals surface area contributed by atoms with Crippen molar-refractivity contribution in [3.8, 4) is 0 Å². The van der Waals surface area contributed by atoms with E-state index in [9.17, 15) is 0 Å². The zero-order chi connectivity index (χ0) is 13.3. The van der Waals surface area contributed by atoms with Crippen LogP contribution >= 0.6 is 23.6 Å². The first-order chi connectivity index (χ1) is 9.34. The Kier molecular flexibility index (Phi) is 6.85. The van der Waals surface area contributed by atoms with Gasteiger partial charge in [-0.3, -0.25) is 5.10 Å². The number of aromatic nitrogens is 2. The molecule has 1 saturated carbocycles. The third kappa shape index (κ3) is 6.04. The molecule has 5 heteroatoms. The number of nitrogens with one attached hydrogen (secondary N) is 2. The van der Waals surface area contributed by atoms with E-state index >= 15 is 0 Å². The molecule has 0 saturated heterocycles. The Hall–Kier alpha value is -0.420. The van der Waals surface area contributed by atoms with E-state index in [0.29, 0.717) is 6.04 Å². The molecule has 0 atom stereocenters. The van der Waals surface area contributed by atoms with Gasteiger partial charge < -0.3 is 5.32 Å². The van der Waals surface area contributed by atoms with Gasteiger partial charge >= 0.3 is 0 Å². The van der Waals surface area contributed by atoms with Crippen LogP contribution in [0.2, 0.25) is 0 Å². The lowest BCUT2D eigenvalue weighted by molar-refractivity contribution is 0.480. The minimum absolute atomic E-state index is 0.577. The van der Waals surface area contributed by atoms with E-state index < -0.39 is 0 Å². The Bertz CT molecular complexity index is 387. The van der Waals surface area contributed by atoms with Crippen molar-refractivity contribution in [2.24, 2.45) is 0 Å². The van der Waals surface area contributed by atoms with Crippen molar-refractivity contribution < 1.29 is 0 Å². The zero-order valence-corrected chi connectivity index (χ0v) is 13.3. The van der Waals surface area contributed by atoms with Gasteiger partial charge in [0.25, 0.3) is 0 Å². The average molecular weight is 300 g/mol. The smallest absolute Gasteiger partial charge is 0.204 e. The maximum Gasteiger partial charge on any atom is 0.204 e. The van der Waals surface area contributed by atoms with Crippen molar-refractivity contribution >= 4 is 28.7 Å². The van der Waals surface area contributed by atoms with Crippen LogP contribution in [0.3, 0.4) is 0 Å². The quantitative estimate of drug-likeness (QED) is 0.729. The topological polar surface area (TPSA) is 40.7 Å². The molecule has 0 amide bonds. The molecule has 19 heavy (non-hydrogen) atoms. The summed E-state index contributed by atoms with van der Waals surface area (Å²) in [4.78, 5) is 0. The van der Waals surface area contributed by atoms with Crippen molar-refractivity contribution in [1.82, 2.24) is 10.2 Å². The Morgan fingerprint density at radius 2 is 1.47 bits per heavy atom. The molecule has 0 radical (unpaired) electrons. The van der Waals surface area contributed by atoms with Crippen LogP contribution in [0, 0.1) is 3.95 Å². The summed E-state index contributed by atoms with van der Waals surface area (Å²) in [5.74, 6) is 0. The molecule has 2 N–H and O–H groups in total. The predicted octanol–water partition coefficient (Wildman–Crippen LogP) is 5.29. The fraction of sp³-hybridized carbons (Fsp3) is 0.857. The van der Waals surface area contributed by atoms with Crippen LogP contribution in [0.1, 0.15) is 70.6 Å². The largest absolute Gasteiger partial charge is 0.357 e. The number of hydrogen-bond acceptors (Lipinski definition) is 4. The molecule has 1 heterocycles. The minimum atomic E-state index is 0.577. The summed E-state index contributed by atoms with van der Waals surface area (Å²) in [5, 5.41) is 11.6. The normalized spacial score (nSPS) is 20.4. The monoisotopic (exact) mass is 299 g/mol. The maximum atomic E-state index is 5.08. The van der Waals surface area contributed by atoms with E-state index in [1.54, 1.807) is 11.3 Å². The lowest BCUT2D eigenvalue weighted by Gasteiger charge is -2.18. The molecule has 1 aromatic rings. The fourth-order valence-corrected chi connectivity index (χ4v) is 3.64. The molecule has 0 unspecified atom stereocenters. The van der Waals surface area contributed by atoms with Gasteiger partial charge in [-0.1, -0.05) is 69.1 Å². The molecule has 0 spiro atoms. The molecule has 1 fully saturated rings. The first-order valence-corrected chi connectivity index (χ1v) is 8.89. The molecule has 1 aliphatic carbocycles. The number of hydrogen-bond donors (Lipinski definition) is 2. The highest BCUT2D eigenvalue weighted by molar-refractivity contribution is 7.73. The Balaban J connectivity index is 1.82.